The monoisotopic (exact) mass is 194 g/mol. The molecule has 1 fully saturated rings. The molecule has 1 saturated carbocycles. The molecule has 0 saturated heterocycles. The van der Waals surface area contributed by atoms with Crippen molar-refractivity contribution >= 4 is 0 Å². The zero-order chi connectivity index (χ0) is 9.64. The van der Waals surface area contributed by atoms with E-state index in [9.17, 15) is 0 Å². The largest absolute Gasteiger partial charge is 0.314 e. The fourth-order valence-electron chi connectivity index (χ4n) is 1.40. The van der Waals surface area contributed by atoms with Crippen LogP contribution in [0.4, 0.5) is 0 Å². The van der Waals surface area contributed by atoms with Crippen molar-refractivity contribution in [3.05, 3.63) is 18.5 Å². The molecule has 14 heavy (non-hydrogen) atoms. The van der Waals surface area contributed by atoms with Gasteiger partial charge in [-0.25, -0.2) is 0 Å². The Balaban J connectivity index is 1.43. The van der Waals surface area contributed by atoms with Gasteiger partial charge < -0.3 is 10.6 Å². The Kier molecular flexibility index (Phi) is 3.54. The van der Waals surface area contributed by atoms with Gasteiger partial charge in [-0.05, 0) is 18.9 Å². The van der Waals surface area contributed by atoms with Crippen LogP contribution in [0.3, 0.4) is 0 Å². The van der Waals surface area contributed by atoms with Crippen molar-refractivity contribution in [3.8, 4) is 0 Å². The molecule has 2 rings (SSSR count). The number of nitrogens with zero attached hydrogens (tertiary/aromatic N) is 2. The summed E-state index contributed by atoms with van der Waals surface area (Å²) in [7, 11) is 0. The Labute approximate surface area is 84.7 Å². The molecule has 0 aromatic carbocycles. The second kappa shape index (κ2) is 5.12. The summed E-state index contributed by atoms with van der Waals surface area (Å²) in [4.78, 5) is 0. The predicted octanol–water partition coefficient (Wildman–Crippen LogP) is 0.225. The lowest BCUT2D eigenvalue weighted by molar-refractivity contribution is 0.540. The van der Waals surface area contributed by atoms with E-state index in [0.29, 0.717) is 0 Å². The molecular weight excluding hydrogens is 176 g/mol. The van der Waals surface area contributed by atoms with Crippen LogP contribution in [0.25, 0.3) is 0 Å². The average Bonchev–Trinajstić information content (AvgIpc) is 2.87. The standard InChI is InChI=1S/C10H18N4/c1-4-13-14(8-1)9-7-11-5-6-12-10-2-3-10/h1,4,8,10-12H,2-3,5-7,9H2. The van der Waals surface area contributed by atoms with Gasteiger partial charge in [0.2, 0.25) is 0 Å². The maximum atomic E-state index is 4.13. The number of hydrogen-bond acceptors (Lipinski definition) is 3. The van der Waals surface area contributed by atoms with Gasteiger partial charge in [0.1, 0.15) is 0 Å². The lowest BCUT2D eigenvalue weighted by Gasteiger charge is -2.05. The minimum atomic E-state index is 0.822. The molecule has 4 nitrogen and oxygen atoms in total. The van der Waals surface area contributed by atoms with Crippen LogP contribution >= 0.6 is 0 Å². The van der Waals surface area contributed by atoms with E-state index in [1.807, 2.05) is 23.1 Å². The van der Waals surface area contributed by atoms with Crippen molar-refractivity contribution in [1.29, 1.82) is 0 Å². The zero-order valence-corrected chi connectivity index (χ0v) is 8.45. The summed E-state index contributed by atoms with van der Waals surface area (Å²) in [6.45, 7) is 4.09. The third-order valence-electron chi connectivity index (χ3n) is 2.39. The first-order chi connectivity index (χ1) is 6.95. The summed E-state index contributed by atoms with van der Waals surface area (Å²) in [5, 5.41) is 11.0. The van der Waals surface area contributed by atoms with E-state index in [-0.39, 0.29) is 0 Å². The van der Waals surface area contributed by atoms with Gasteiger partial charge in [-0.15, -0.1) is 0 Å². The van der Waals surface area contributed by atoms with Gasteiger partial charge in [0.15, 0.2) is 0 Å². The van der Waals surface area contributed by atoms with Crippen LogP contribution in [-0.2, 0) is 6.54 Å². The second-order valence-electron chi connectivity index (χ2n) is 3.75. The Bertz CT molecular complexity index is 241. The van der Waals surface area contributed by atoms with Crippen molar-refractivity contribution in [2.45, 2.75) is 25.4 Å². The van der Waals surface area contributed by atoms with Gasteiger partial charge in [0.05, 0.1) is 6.54 Å². The normalized spacial score (nSPS) is 16.0. The zero-order valence-electron chi connectivity index (χ0n) is 8.45. The van der Waals surface area contributed by atoms with E-state index in [1.165, 1.54) is 12.8 Å². The Morgan fingerprint density at radius 3 is 2.93 bits per heavy atom. The number of rotatable bonds is 7. The van der Waals surface area contributed by atoms with Crippen LogP contribution in [0.2, 0.25) is 0 Å². The molecular formula is C10H18N4. The summed E-state index contributed by atoms with van der Waals surface area (Å²) >= 11 is 0. The van der Waals surface area contributed by atoms with E-state index in [0.717, 1.165) is 32.2 Å². The SMILES string of the molecule is c1cnn(CCNCCNC2CC2)c1. The number of nitrogens with one attached hydrogen (secondary N) is 2. The highest BCUT2D eigenvalue weighted by atomic mass is 15.3. The smallest absolute Gasteiger partial charge is 0.0533 e. The minimum absolute atomic E-state index is 0.822. The summed E-state index contributed by atoms with van der Waals surface area (Å²) in [6.07, 6.45) is 6.54. The van der Waals surface area contributed by atoms with Crippen LogP contribution in [0.1, 0.15) is 12.8 Å². The van der Waals surface area contributed by atoms with Crippen LogP contribution < -0.4 is 10.6 Å². The van der Waals surface area contributed by atoms with Crippen LogP contribution in [0, 0.1) is 0 Å². The highest BCUT2D eigenvalue weighted by Gasteiger charge is 2.19. The molecule has 78 valence electrons. The summed E-state index contributed by atoms with van der Waals surface area (Å²) in [6, 6.07) is 2.78. The lowest BCUT2D eigenvalue weighted by atomic mass is 10.5. The molecule has 4 heteroatoms. The van der Waals surface area contributed by atoms with Gasteiger partial charge in [-0.3, -0.25) is 4.68 Å². The molecule has 0 atom stereocenters. The number of aromatic nitrogens is 2. The molecule has 0 unspecified atom stereocenters. The molecule has 0 amide bonds. The minimum Gasteiger partial charge on any atom is -0.314 e. The highest BCUT2D eigenvalue weighted by Crippen LogP contribution is 2.17. The van der Waals surface area contributed by atoms with Crippen molar-refractivity contribution in [3.63, 3.8) is 0 Å². The van der Waals surface area contributed by atoms with Gasteiger partial charge in [-0.1, -0.05) is 0 Å². The van der Waals surface area contributed by atoms with Crippen molar-refractivity contribution in [2.75, 3.05) is 19.6 Å². The van der Waals surface area contributed by atoms with Crippen molar-refractivity contribution in [1.82, 2.24) is 20.4 Å². The van der Waals surface area contributed by atoms with Gasteiger partial charge >= 0.3 is 0 Å². The summed E-state index contributed by atoms with van der Waals surface area (Å²) < 4.78 is 1.95. The van der Waals surface area contributed by atoms with Gasteiger partial charge in [-0.2, -0.15) is 5.10 Å². The van der Waals surface area contributed by atoms with E-state index in [4.69, 9.17) is 0 Å². The number of hydrogen-bond donors (Lipinski definition) is 2. The molecule has 1 aromatic heterocycles. The first-order valence-corrected chi connectivity index (χ1v) is 5.37. The van der Waals surface area contributed by atoms with E-state index >= 15 is 0 Å². The van der Waals surface area contributed by atoms with Crippen molar-refractivity contribution < 1.29 is 0 Å². The maximum Gasteiger partial charge on any atom is 0.0533 e. The molecule has 0 spiro atoms. The molecule has 1 aliphatic rings. The van der Waals surface area contributed by atoms with Gasteiger partial charge in [0.25, 0.3) is 0 Å². The molecule has 1 aliphatic carbocycles. The fourth-order valence-corrected chi connectivity index (χ4v) is 1.40. The molecule has 0 aliphatic heterocycles. The summed E-state index contributed by atoms with van der Waals surface area (Å²) in [5.74, 6) is 0. The third kappa shape index (κ3) is 3.47. The van der Waals surface area contributed by atoms with Crippen molar-refractivity contribution in [2.24, 2.45) is 0 Å². The topological polar surface area (TPSA) is 41.9 Å². The Morgan fingerprint density at radius 2 is 2.21 bits per heavy atom. The molecule has 0 radical (unpaired) electrons. The molecule has 1 heterocycles. The Morgan fingerprint density at radius 1 is 1.29 bits per heavy atom. The van der Waals surface area contributed by atoms with E-state index in [2.05, 4.69) is 15.7 Å². The first kappa shape index (κ1) is 9.68. The molecule has 2 N–H and O–H groups in total. The molecule has 0 bridgehead atoms. The summed E-state index contributed by atoms with van der Waals surface area (Å²) in [5.41, 5.74) is 0. The van der Waals surface area contributed by atoms with E-state index in [1.54, 1.807) is 0 Å². The predicted molar refractivity (Wildman–Crippen MR) is 56.1 cm³/mol. The fraction of sp³-hybridized carbons (Fsp3) is 0.700. The average molecular weight is 194 g/mol. The van der Waals surface area contributed by atoms with Crippen LogP contribution in [-0.4, -0.2) is 35.5 Å². The Hall–Kier alpha value is -0.870. The first-order valence-electron chi connectivity index (χ1n) is 5.37. The highest BCUT2D eigenvalue weighted by molar-refractivity contribution is 4.81. The second-order valence-corrected chi connectivity index (χ2v) is 3.75. The molecule has 1 aromatic rings. The third-order valence-corrected chi connectivity index (χ3v) is 2.39. The van der Waals surface area contributed by atoms with Crippen LogP contribution in [0.15, 0.2) is 18.5 Å². The maximum absolute atomic E-state index is 4.13. The van der Waals surface area contributed by atoms with Crippen LogP contribution in [0.5, 0.6) is 0 Å². The quantitative estimate of drug-likeness (QED) is 0.610. The van der Waals surface area contributed by atoms with E-state index < -0.39 is 0 Å². The lowest BCUT2D eigenvalue weighted by Crippen LogP contribution is -2.30. The van der Waals surface area contributed by atoms with Gasteiger partial charge in [0, 0.05) is 38.1 Å².